The first kappa shape index (κ1) is 17.0. The van der Waals surface area contributed by atoms with Crippen molar-refractivity contribution < 1.29 is 4.74 Å². The summed E-state index contributed by atoms with van der Waals surface area (Å²) in [5, 5.41) is 3.47. The molecule has 0 spiro atoms. The molecule has 1 aromatic carbocycles. The Morgan fingerprint density at radius 3 is 2.50 bits per heavy atom. The van der Waals surface area contributed by atoms with E-state index in [1.54, 1.807) is 0 Å². The van der Waals surface area contributed by atoms with Gasteiger partial charge < -0.3 is 10.1 Å². The van der Waals surface area contributed by atoms with Gasteiger partial charge in [0.2, 0.25) is 0 Å². The molecule has 0 atom stereocenters. The van der Waals surface area contributed by atoms with E-state index in [0.717, 1.165) is 37.8 Å². The zero-order chi connectivity index (χ0) is 15.0. The van der Waals surface area contributed by atoms with Crippen LogP contribution < -0.4 is 10.1 Å². The number of aryl methyl sites for hydroxylation is 1. The maximum absolute atomic E-state index is 5.98. The van der Waals surface area contributed by atoms with Gasteiger partial charge in [0.25, 0.3) is 0 Å². The summed E-state index contributed by atoms with van der Waals surface area (Å²) < 4.78 is 5.98. The van der Waals surface area contributed by atoms with Gasteiger partial charge in [-0.3, -0.25) is 0 Å². The molecule has 20 heavy (non-hydrogen) atoms. The molecule has 114 valence electrons. The summed E-state index contributed by atoms with van der Waals surface area (Å²) in [5.74, 6) is 2.31. The average molecular weight is 277 g/mol. The molecule has 0 aliphatic carbocycles. The van der Waals surface area contributed by atoms with Gasteiger partial charge in [-0.2, -0.15) is 0 Å². The fraction of sp³-hybridized carbons (Fsp3) is 0.667. The topological polar surface area (TPSA) is 21.3 Å². The number of nitrogens with one attached hydrogen (secondary N) is 1. The summed E-state index contributed by atoms with van der Waals surface area (Å²) in [6.45, 7) is 14.0. The highest BCUT2D eigenvalue weighted by Crippen LogP contribution is 2.27. The van der Waals surface area contributed by atoms with E-state index in [-0.39, 0.29) is 0 Å². The van der Waals surface area contributed by atoms with E-state index in [0.29, 0.717) is 5.92 Å². The summed E-state index contributed by atoms with van der Waals surface area (Å²) in [6.07, 6.45) is 2.28. The molecule has 1 aromatic rings. The van der Waals surface area contributed by atoms with Crippen LogP contribution in [-0.4, -0.2) is 19.7 Å². The minimum atomic E-state index is 0.512. The molecule has 0 bridgehead atoms. The summed E-state index contributed by atoms with van der Waals surface area (Å²) in [4.78, 5) is 0. The molecule has 1 rings (SSSR count). The van der Waals surface area contributed by atoms with Gasteiger partial charge in [0.1, 0.15) is 5.75 Å². The first-order chi connectivity index (χ1) is 9.50. The van der Waals surface area contributed by atoms with Gasteiger partial charge in [0, 0.05) is 0 Å². The van der Waals surface area contributed by atoms with Crippen molar-refractivity contribution in [3.63, 3.8) is 0 Å². The highest BCUT2D eigenvalue weighted by atomic mass is 16.5. The molecule has 0 amide bonds. The number of unbranched alkanes of at least 4 members (excludes halogenated alkanes) is 1. The first-order valence-electron chi connectivity index (χ1n) is 7.94. The average Bonchev–Trinajstić information content (AvgIpc) is 2.37. The van der Waals surface area contributed by atoms with Gasteiger partial charge in [-0.25, -0.2) is 0 Å². The second kappa shape index (κ2) is 9.02. The van der Waals surface area contributed by atoms with Crippen molar-refractivity contribution in [2.45, 2.75) is 53.4 Å². The van der Waals surface area contributed by atoms with Gasteiger partial charge in [-0.05, 0) is 61.9 Å². The standard InChI is InChI=1S/C18H31NO/c1-14(2)13-19-10-6-7-11-20-18-12-16(5)8-9-17(18)15(3)4/h8-9,12,14-15,19H,6-7,10-11,13H2,1-5H3. The van der Waals surface area contributed by atoms with Crippen LogP contribution in [0.3, 0.4) is 0 Å². The third-order valence-corrected chi connectivity index (χ3v) is 3.35. The Balaban J connectivity index is 2.29. The lowest BCUT2D eigenvalue weighted by molar-refractivity contribution is 0.301. The van der Waals surface area contributed by atoms with E-state index in [2.05, 4.69) is 58.1 Å². The Morgan fingerprint density at radius 1 is 1.10 bits per heavy atom. The summed E-state index contributed by atoms with van der Waals surface area (Å²) in [7, 11) is 0. The highest BCUT2D eigenvalue weighted by molar-refractivity contribution is 5.39. The smallest absolute Gasteiger partial charge is 0.122 e. The summed E-state index contributed by atoms with van der Waals surface area (Å²) >= 11 is 0. The molecule has 0 saturated heterocycles. The lowest BCUT2D eigenvalue weighted by Gasteiger charge is -2.15. The van der Waals surface area contributed by atoms with Gasteiger partial charge in [-0.1, -0.05) is 39.8 Å². The van der Waals surface area contributed by atoms with Gasteiger partial charge in [0.15, 0.2) is 0 Å². The maximum atomic E-state index is 5.98. The Morgan fingerprint density at radius 2 is 1.85 bits per heavy atom. The number of benzene rings is 1. The van der Waals surface area contributed by atoms with Gasteiger partial charge in [0.05, 0.1) is 6.61 Å². The van der Waals surface area contributed by atoms with Crippen LogP contribution in [0.4, 0.5) is 0 Å². The van der Waals surface area contributed by atoms with Crippen molar-refractivity contribution in [2.75, 3.05) is 19.7 Å². The van der Waals surface area contributed by atoms with Crippen molar-refractivity contribution >= 4 is 0 Å². The Kier molecular flexibility index (Phi) is 7.68. The molecular formula is C18H31NO. The number of rotatable bonds is 9. The SMILES string of the molecule is Cc1ccc(C(C)C)c(OCCCCNCC(C)C)c1. The fourth-order valence-electron chi connectivity index (χ4n) is 2.17. The third kappa shape index (κ3) is 6.42. The van der Waals surface area contributed by atoms with E-state index < -0.39 is 0 Å². The van der Waals surface area contributed by atoms with Crippen LogP contribution in [0, 0.1) is 12.8 Å². The molecule has 0 unspecified atom stereocenters. The fourth-order valence-corrected chi connectivity index (χ4v) is 2.17. The zero-order valence-corrected chi connectivity index (χ0v) is 13.8. The van der Waals surface area contributed by atoms with E-state index >= 15 is 0 Å². The molecule has 1 N–H and O–H groups in total. The predicted octanol–water partition coefficient (Wildman–Crippen LogP) is 4.52. The zero-order valence-electron chi connectivity index (χ0n) is 13.8. The van der Waals surface area contributed by atoms with E-state index in [1.165, 1.54) is 17.5 Å². The monoisotopic (exact) mass is 277 g/mol. The molecule has 0 radical (unpaired) electrons. The highest BCUT2D eigenvalue weighted by Gasteiger charge is 2.07. The molecule has 0 aliphatic heterocycles. The van der Waals surface area contributed by atoms with Crippen LogP contribution >= 0.6 is 0 Å². The number of hydrogen-bond donors (Lipinski definition) is 1. The maximum Gasteiger partial charge on any atom is 0.122 e. The van der Waals surface area contributed by atoms with Crippen molar-refractivity contribution in [2.24, 2.45) is 5.92 Å². The predicted molar refractivity (Wildman–Crippen MR) is 87.7 cm³/mol. The van der Waals surface area contributed by atoms with Gasteiger partial charge >= 0.3 is 0 Å². The molecule has 0 aromatic heterocycles. The molecule has 0 fully saturated rings. The first-order valence-corrected chi connectivity index (χ1v) is 7.94. The van der Waals surface area contributed by atoms with Crippen LogP contribution in [0.1, 0.15) is 57.6 Å². The molecule has 0 saturated carbocycles. The Labute approximate surface area is 124 Å². The lowest BCUT2D eigenvalue weighted by atomic mass is 10.0. The second-order valence-electron chi connectivity index (χ2n) is 6.35. The van der Waals surface area contributed by atoms with Gasteiger partial charge in [-0.15, -0.1) is 0 Å². The minimum Gasteiger partial charge on any atom is -0.493 e. The van der Waals surface area contributed by atoms with Crippen LogP contribution in [0.15, 0.2) is 18.2 Å². The molecule has 2 heteroatoms. The number of ether oxygens (including phenoxy) is 1. The van der Waals surface area contributed by atoms with Crippen LogP contribution in [0.2, 0.25) is 0 Å². The van der Waals surface area contributed by atoms with Crippen LogP contribution in [-0.2, 0) is 0 Å². The van der Waals surface area contributed by atoms with Crippen LogP contribution in [0.25, 0.3) is 0 Å². The third-order valence-electron chi connectivity index (χ3n) is 3.35. The largest absolute Gasteiger partial charge is 0.493 e. The van der Waals surface area contributed by atoms with Crippen molar-refractivity contribution in [1.29, 1.82) is 0 Å². The van der Waals surface area contributed by atoms with Crippen molar-refractivity contribution in [3.8, 4) is 5.75 Å². The summed E-state index contributed by atoms with van der Waals surface area (Å²) in [5.41, 5.74) is 2.58. The molecule has 0 heterocycles. The second-order valence-corrected chi connectivity index (χ2v) is 6.35. The van der Waals surface area contributed by atoms with Crippen molar-refractivity contribution in [3.05, 3.63) is 29.3 Å². The van der Waals surface area contributed by atoms with E-state index in [1.807, 2.05) is 0 Å². The minimum absolute atomic E-state index is 0.512. The molecule has 0 aliphatic rings. The number of hydrogen-bond acceptors (Lipinski definition) is 2. The van der Waals surface area contributed by atoms with E-state index in [9.17, 15) is 0 Å². The molecular weight excluding hydrogens is 246 g/mol. The van der Waals surface area contributed by atoms with E-state index in [4.69, 9.17) is 4.74 Å². The molecule has 2 nitrogen and oxygen atoms in total. The Hall–Kier alpha value is -1.02. The summed E-state index contributed by atoms with van der Waals surface area (Å²) in [6, 6.07) is 6.52. The van der Waals surface area contributed by atoms with Crippen molar-refractivity contribution in [1.82, 2.24) is 5.32 Å². The Bertz CT molecular complexity index is 385. The normalized spacial score (nSPS) is 11.3. The quantitative estimate of drug-likeness (QED) is 0.670. The lowest BCUT2D eigenvalue weighted by Crippen LogP contribution is -2.21. The van der Waals surface area contributed by atoms with Crippen LogP contribution in [0.5, 0.6) is 5.75 Å².